The lowest BCUT2D eigenvalue weighted by molar-refractivity contribution is -0.424. The highest BCUT2D eigenvalue weighted by molar-refractivity contribution is 8.77. The lowest BCUT2D eigenvalue weighted by Gasteiger charge is -2.67. The van der Waals surface area contributed by atoms with Crippen molar-refractivity contribution in [3.63, 3.8) is 0 Å². The molecule has 5 bridgehead atoms. The van der Waals surface area contributed by atoms with Gasteiger partial charge in [0, 0.05) is 53.3 Å². The molecule has 2 saturated heterocycles. The minimum atomic E-state index is -2.49. The Bertz CT molecular complexity index is 2390. The van der Waals surface area contributed by atoms with Crippen molar-refractivity contribution in [2.24, 2.45) is 46.8 Å². The number of aliphatic hydroxyl groups is 7. The van der Waals surface area contributed by atoms with Crippen molar-refractivity contribution in [1.29, 1.82) is 0 Å². The molecule has 17 heteroatoms. The Morgan fingerprint density at radius 3 is 2.56 bits per heavy atom. The fourth-order valence-electron chi connectivity index (χ4n) is 17.3. The summed E-state index contributed by atoms with van der Waals surface area (Å²) in [4.78, 5) is 13.1. The smallest absolute Gasteiger partial charge is 0.306 e. The number of carbonyl (C=O) groups excluding carboxylic acids is 1. The minimum Gasteiger partial charge on any atom is -0.485 e. The Morgan fingerprint density at radius 1 is 0.936 bits per heavy atom. The number of aliphatic hydroxyl groups excluding tert-OH is 4. The molecular weight excluding hydrogens is 1030 g/mol. The highest BCUT2D eigenvalue weighted by atomic mass is 33.1. The standard InChI is InChI=1S/C61H94N2O13S2/c1-5-7-8-11-39-20-24-57(69,33-39)25-21-46-56(23-19-40(32-56)35-62-4)26-27-58(46)47-17-13-38(3)10-9-12-48(66)60(37-77-78-58)59(70)34-43-14-16-45(65)44(36-64)50(43)61(71,54(59)68)55(76-60)75-52-41(15-18-49(67)72-6-2)31-42-22-29-73-51(42)53(52)74-30-28-63-47/h14,16,22,29,31,38-40,43-48,50,54-55,62-66,68-71H,5-13,15,17-21,23-28,30,32-37H2,1-4H3/t38-,39-,40-,43+,44+,45-,46+,47+,48-,50+,54+,55-,56+,57-,58+,59+,60-,61-/m1/s1. The van der Waals surface area contributed by atoms with E-state index in [9.17, 15) is 40.5 Å². The van der Waals surface area contributed by atoms with Crippen LogP contribution in [0, 0.1) is 46.8 Å². The van der Waals surface area contributed by atoms with Gasteiger partial charge < -0.3 is 69.7 Å². The summed E-state index contributed by atoms with van der Waals surface area (Å²) in [5.41, 5.74) is -6.52. The van der Waals surface area contributed by atoms with Crippen molar-refractivity contribution in [3.05, 3.63) is 36.1 Å². The summed E-state index contributed by atoms with van der Waals surface area (Å²) in [6.07, 6.45) is 16.5. The molecule has 78 heavy (non-hydrogen) atoms. The van der Waals surface area contributed by atoms with Crippen molar-refractivity contribution in [3.8, 4) is 11.5 Å². The Hall–Kier alpha value is -2.13. The van der Waals surface area contributed by atoms with Gasteiger partial charge in [0.05, 0.1) is 30.7 Å². The molecule has 6 fully saturated rings. The monoisotopic (exact) mass is 1130 g/mol. The topological polar surface area (TPSA) is 233 Å². The van der Waals surface area contributed by atoms with Gasteiger partial charge in [0.2, 0.25) is 12.0 Å². The van der Waals surface area contributed by atoms with Gasteiger partial charge >= 0.3 is 5.97 Å². The Morgan fingerprint density at radius 2 is 1.77 bits per heavy atom. The number of benzene rings is 1. The van der Waals surface area contributed by atoms with Crippen LogP contribution in [0.4, 0.5) is 0 Å². The van der Waals surface area contributed by atoms with Crippen molar-refractivity contribution >= 4 is 38.5 Å². The first kappa shape index (κ1) is 59.0. The second kappa shape index (κ2) is 24.2. The largest absolute Gasteiger partial charge is 0.485 e. The molecule has 15 nitrogen and oxygen atoms in total. The highest BCUT2D eigenvalue weighted by Gasteiger charge is 2.78. The van der Waals surface area contributed by atoms with Gasteiger partial charge in [-0.1, -0.05) is 86.1 Å². The second-order valence-corrected chi connectivity index (χ2v) is 28.5. The third-order valence-corrected chi connectivity index (χ3v) is 24.6. The molecule has 10 rings (SSSR count). The van der Waals surface area contributed by atoms with Crippen LogP contribution in [0.25, 0.3) is 11.0 Å². The predicted molar refractivity (Wildman–Crippen MR) is 303 cm³/mol. The average Bonchev–Trinajstić information content (AvgIpc) is 1.89. The van der Waals surface area contributed by atoms with Crippen LogP contribution in [-0.2, 0) is 20.7 Å². The van der Waals surface area contributed by atoms with Crippen LogP contribution in [0.2, 0.25) is 0 Å². The Labute approximate surface area is 470 Å². The number of aryl methyl sites for hydroxylation is 1. The number of fused-ring (bicyclic) bond motifs is 11. The molecule has 5 aliphatic carbocycles. The Balaban J connectivity index is 1.13. The van der Waals surface area contributed by atoms with Crippen LogP contribution in [0.1, 0.15) is 161 Å². The fraction of sp³-hybridized carbons (Fsp3) is 0.820. The van der Waals surface area contributed by atoms with E-state index in [1.807, 2.05) is 22.9 Å². The van der Waals surface area contributed by atoms with Gasteiger partial charge in [0.1, 0.15) is 23.9 Å². The molecule has 3 spiro atoms. The summed E-state index contributed by atoms with van der Waals surface area (Å²) in [6.45, 7) is 7.55. The van der Waals surface area contributed by atoms with E-state index in [4.69, 9.17) is 23.4 Å². The molecule has 0 amide bonds. The summed E-state index contributed by atoms with van der Waals surface area (Å²) in [5, 5.41) is 97.5. The summed E-state index contributed by atoms with van der Waals surface area (Å²) >= 11 is 0. The van der Waals surface area contributed by atoms with E-state index in [1.165, 1.54) is 25.7 Å². The summed E-state index contributed by atoms with van der Waals surface area (Å²) in [7, 11) is 5.48. The summed E-state index contributed by atoms with van der Waals surface area (Å²) in [5.74, 6) is -1.28. The maximum Gasteiger partial charge on any atom is 0.306 e. The van der Waals surface area contributed by atoms with E-state index in [-0.39, 0.29) is 78.3 Å². The van der Waals surface area contributed by atoms with Crippen LogP contribution in [-0.4, -0.2) is 145 Å². The van der Waals surface area contributed by atoms with E-state index < -0.39 is 77.3 Å². The zero-order chi connectivity index (χ0) is 55.1. The molecule has 438 valence electrons. The Kier molecular flexibility index (Phi) is 18.3. The number of furan rings is 1. The van der Waals surface area contributed by atoms with Gasteiger partial charge in [-0.05, 0) is 170 Å². The van der Waals surface area contributed by atoms with Gasteiger partial charge in [-0.15, -0.1) is 0 Å². The lowest BCUT2D eigenvalue weighted by Crippen LogP contribution is -2.86. The van der Waals surface area contributed by atoms with Crippen molar-refractivity contribution in [1.82, 2.24) is 10.6 Å². The number of allylic oxidation sites excluding steroid dienone is 1. The first-order valence-electron chi connectivity index (χ1n) is 30.4. The van der Waals surface area contributed by atoms with E-state index >= 15 is 0 Å². The summed E-state index contributed by atoms with van der Waals surface area (Å²) in [6, 6.07) is 3.65. The van der Waals surface area contributed by atoms with Gasteiger partial charge in [0.15, 0.2) is 16.9 Å². The SMILES string of the molecule is CCCCC[C@@H]1CC[C@@](O)(CC[C@H]2[C@@]3(CC[C@@H](CNC)C3)CC[C@]23SSC[C@@]24O[C@@H](Oc5c(CCC(=O)OCC)cc6ccoc6c5OCCN[C@H]3CC[C@H](C)CCC[C@H]2O)[C@@]2(O)[C@@H]3[C@@H](CO)[C@H](O)C=C[C@H]3C[C@]4(O)[C@@H]2O)C1. The molecule has 1 aromatic carbocycles. The number of unbranched alkanes of at least 4 members (excludes halogenated alkanes) is 2. The number of ether oxygens (including phenoxy) is 4. The number of esters is 1. The molecule has 0 radical (unpaired) electrons. The number of hydrogen-bond donors (Lipinski definition) is 9. The average molecular weight is 1130 g/mol. The molecule has 2 aromatic rings. The van der Waals surface area contributed by atoms with E-state index in [1.54, 1.807) is 36.1 Å². The third-order valence-electron chi connectivity index (χ3n) is 21.2. The summed E-state index contributed by atoms with van der Waals surface area (Å²) < 4.78 is 32.7. The van der Waals surface area contributed by atoms with E-state index in [2.05, 4.69) is 31.5 Å². The lowest BCUT2D eigenvalue weighted by atomic mass is 9.50. The van der Waals surface area contributed by atoms with E-state index in [0.29, 0.717) is 47.3 Å². The highest BCUT2D eigenvalue weighted by Crippen LogP contribution is 2.69. The van der Waals surface area contributed by atoms with Gasteiger partial charge in [-0.3, -0.25) is 4.79 Å². The first-order valence-corrected chi connectivity index (χ1v) is 32.7. The fourth-order valence-corrected chi connectivity index (χ4v) is 21.5. The van der Waals surface area contributed by atoms with E-state index in [0.717, 1.165) is 90.0 Å². The van der Waals surface area contributed by atoms with Crippen LogP contribution < -0.4 is 20.1 Å². The number of nitrogens with one attached hydrogen (secondary N) is 2. The van der Waals surface area contributed by atoms with Crippen LogP contribution in [0.3, 0.4) is 0 Å². The zero-order valence-corrected chi connectivity index (χ0v) is 48.6. The van der Waals surface area contributed by atoms with Crippen molar-refractivity contribution in [2.45, 2.75) is 220 Å². The molecule has 3 aliphatic heterocycles. The predicted octanol–water partition coefficient (Wildman–Crippen LogP) is 8.14. The molecule has 4 heterocycles. The van der Waals surface area contributed by atoms with Crippen molar-refractivity contribution in [2.75, 3.05) is 45.7 Å². The van der Waals surface area contributed by atoms with Crippen LogP contribution >= 0.6 is 21.6 Å². The number of hydrogen-bond acceptors (Lipinski definition) is 17. The second-order valence-electron chi connectivity index (χ2n) is 25.9. The normalized spacial score (nSPS) is 42.9. The third kappa shape index (κ3) is 10.8. The molecule has 8 aliphatic rings. The number of rotatable bonds is 14. The van der Waals surface area contributed by atoms with Gasteiger partial charge in [-0.25, -0.2) is 0 Å². The molecule has 0 unspecified atom stereocenters. The first-order chi connectivity index (χ1) is 37.5. The molecular formula is C61H94N2O13S2. The van der Waals surface area contributed by atoms with Crippen LogP contribution in [0.15, 0.2) is 35.0 Å². The quantitative estimate of drug-likeness (QED) is 0.0376. The number of carbonyl (C=O) groups is 1. The van der Waals surface area contributed by atoms with Crippen molar-refractivity contribution < 1.29 is 63.9 Å². The minimum absolute atomic E-state index is 0.000689. The maximum atomic E-state index is 13.8. The maximum absolute atomic E-state index is 13.8. The molecule has 9 N–H and O–H groups in total. The van der Waals surface area contributed by atoms with Crippen LogP contribution in [0.5, 0.6) is 11.5 Å². The molecule has 18 atom stereocenters. The van der Waals surface area contributed by atoms with Gasteiger partial charge in [-0.2, -0.15) is 0 Å². The van der Waals surface area contributed by atoms with Gasteiger partial charge in [0.25, 0.3) is 0 Å². The zero-order valence-electron chi connectivity index (χ0n) is 47.0. The molecule has 1 aromatic heterocycles. The molecule has 4 saturated carbocycles.